The van der Waals surface area contributed by atoms with E-state index in [9.17, 15) is 9.59 Å². The van der Waals surface area contributed by atoms with Gasteiger partial charge in [-0.1, -0.05) is 17.7 Å². The summed E-state index contributed by atoms with van der Waals surface area (Å²) >= 11 is 6.14. The lowest BCUT2D eigenvalue weighted by atomic mass is 10.1. The minimum atomic E-state index is -0.195. The number of aromatic amines is 1. The number of carbonyl (C=O) groups excluding carboxylic acids is 1. The number of amides is 1. The number of fused-ring (bicyclic) bond motifs is 1. The molecule has 1 aliphatic heterocycles. The third-order valence-electron chi connectivity index (χ3n) is 5.47. The van der Waals surface area contributed by atoms with Crippen LogP contribution in [0.15, 0.2) is 29.3 Å². The Morgan fingerprint density at radius 3 is 2.72 bits per heavy atom. The molecule has 1 N–H and O–H groups in total. The average Bonchev–Trinajstić information content (AvgIpc) is 3.18. The fraction of sp³-hybridized carbons (Fsp3) is 0.400. The summed E-state index contributed by atoms with van der Waals surface area (Å²) in [5.74, 6) is 0.399. The number of nitrogens with zero attached hydrogens (tertiary/aromatic N) is 5. The van der Waals surface area contributed by atoms with Crippen LogP contribution in [0.25, 0.3) is 5.78 Å². The zero-order chi connectivity index (χ0) is 20.5. The number of aryl methyl sites for hydroxylation is 2. The summed E-state index contributed by atoms with van der Waals surface area (Å²) in [6, 6.07) is 5.88. The maximum absolute atomic E-state index is 12.7. The normalized spacial score (nSPS) is 14.6. The standard InChI is InChI=1S/C20H23ClN6O2/c1-13-3-4-15(21)11-17(13)25-7-9-26(10-8-25)18(28)6-5-16-14(2)24-20-22-12-23-27(20)19(16)29/h3-4,11-12H,5-10H2,1-2H3,(H,22,23,24). The molecule has 0 saturated carbocycles. The van der Waals surface area contributed by atoms with Gasteiger partial charge in [-0.3, -0.25) is 14.7 Å². The van der Waals surface area contributed by atoms with Gasteiger partial charge in [0.25, 0.3) is 11.3 Å². The Morgan fingerprint density at radius 2 is 1.97 bits per heavy atom. The largest absolute Gasteiger partial charge is 0.368 e. The van der Waals surface area contributed by atoms with Gasteiger partial charge in [0, 0.05) is 48.9 Å². The van der Waals surface area contributed by atoms with Gasteiger partial charge in [-0.05, 0) is 38.0 Å². The fourth-order valence-corrected chi connectivity index (χ4v) is 3.96. The maximum atomic E-state index is 12.7. The molecule has 1 aliphatic rings. The molecule has 29 heavy (non-hydrogen) atoms. The lowest BCUT2D eigenvalue weighted by molar-refractivity contribution is -0.131. The van der Waals surface area contributed by atoms with Gasteiger partial charge in [-0.15, -0.1) is 0 Å². The highest BCUT2D eigenvalue weighted by Crippen LogP contribution is 2.25. The van der Waals surface area contributed by atoms with E-state index in [1.807, 2.05) is 23.1 Å². The number of hydrogen-bond donors (Lipinski definition) is 1. The van der Waals surface area contributed by atoms with Crippen molar-refractivity contribution in [2.24, 2.45) is 0 Å². The first-order chi connectivity index (χ1) is 13.9. The van der Waals surface area contributed by atoms with Gasteiger partial charge < -0.3 is 9.80 Å². The van der Waals surface area contributed by atoms with E-state index in [1.54, 1.807) is 6.92 Å². The van der Waals surface area contributed by atoms with Gasteiger partial charge in [0.15, 0.2) is 0 Å². The number of nitrogens with one attached hydrogen (secondary N) is 1. The number of halogens is 1. The van der Waals surface area contributed by atoms with Crippen LogP contribution in [0, 0.1) is 13.8 Å². The minimum Gasteiger partial charge on any atom is -0.368 e. The highest BCUT2D eigenvalue weighted by molar-refractivity contribution is 6.30. The molecule has 0 spiro atoms. The van der Waals surface area contributed by atoms with Crippen molar-refractivity contribution in [3.8, 4) is 0 Å². The van der Waals surface area contributed by atoms with Crippen LogP contribution < -0.4 is 10.5 Å². The second-order valence-corrected chi connectivity index (χ2v) is 7.74. The van der Waals surface area contributed by atoms with E-state index in [-0.39, 0.29) is 17.9 Å². The Balaban J connectivity index is 1.38. The number of piperazine rings is 1. The molecule has 1 amide bonds. The van der Waals surface area contributed by atoms with Crippen LogP contribution in [0.1, 0.15) is 23.2 Å². The SMILES string of the molecule is Cc1ccc(Cl)cc1N1CCN(C(=O)CCc2c(C)nc3nc[nH]n3c2=O)CC1. The molecule has 2 aromatic heterocycles. The lowest BCUT2D eigenvalue weighted by Crippen LogP contribution is -2.49. The van der Waals surface area contributed by atoms with Crippen molar-refractivity contribution in [2.45, 2.75) is 26.7 Å². The molecule has 1 aromatic carbocycles. The highest BCUT2D eigenvalue weighted by Gasteiger charge is 2.23. The highest BCUT2D eigenvalue weighted by atomic mass is 35.5. The number of anilines is 1. The van der Waals surface area contributed by atoms with Crippen LogP contribution in [-0.4, -0.2) is 56.6 Å². The molecule has 3 heterocycles. The Kier molecular flexibility index (Phi) is 5.27. The topological polar surface area (TPSA) is 86.6 Å². The summed E-state index contributed by atoms with van der Waals surface area (Å²) in [7, 11) is 0. The first kappa shape index (κ1) is 19.4. The molecule has 152 valence electrons. The Labute approximate surface area is 173 Å². The molecule has 4 rings (SSSR count). The molecule has 9 heteroatoms. The molecular formula is C20H23ClN6O2. The molecule has 0 aliphatic carbocycles. The number of hydrogen-bond acceptors (Lipinski definition) is 5. The third kappa shape index (κ3) is 3.85. The second-order valence-electron chi connectivity index (χ2n) is 7.30. The van der Waals surface area contributed by atoms with E-state index in [1.165, 1.54) is 16.4 Å². The summed E-state index contributed by atoms with van der Waals surface area (Å²) in [5.41, 5.74) is 3.27. The van der Waals surface area contributed by atoms with E-state index in [0.717, 1.165) is 18.8 Å². The van der Waals surface area contributed by atoms with Crippen LogP contribution in [0.2, 0.25) is 5.02 Å². The fourth-order valence-electron chi connectivity index (χ4n) is 3.79. The quantitative estimate of drug-likeness (QED) is 0.705. The van der Waals surface area contributed by atoms with Crippen molar-refractivity contribution < 1.29 is 4.79 Å². The summed E-state index contributed by atoms with van der Waals surface area (Å²) < 4.78 is 1.30. The van der Waals surface area contributed by atoms with Gasteiger partial charge in [0.05, 0.1) is 5.69 Å². The molecule has 1 saturated heterocycles. The van der Waals surface area contributed by atoms with Crippen LogP contribution in [0.5, 0.6) is 0 Å². The molecular weight excluding hydrogens is 392 g/mol. The summed E-state index contributed by atoms with van der Waals surface area (Å²) in [6.45, 7) is 6.67. The van der Waals surface area contributed by atoms with Gasteiger partial charge in [-0.25, -0.2) is 9.97 Å². The van der Waals surface area contributed by atoms with Crippen LogP contribution >= 0.6 is 11.6 Å². The zero-order valence-electron chi connectivity index (χ0n) is 16.5. The summed E-state index contributed by atoms with van der Waals surface area (Å²) in [6.07, 6.45) is 2.08. The number of aromatic nitrogens is 4. The van der Waals surface area contributed by atoms with Crippen molar-refractivity contribution in [3.63, 3.8) is 0 Å². The van der Waals surface area contributed by atoms with Gasteiger partial charge in [0.1, 0.15) is 6.33 Å². The Bertz CT molecular complexity index is 1110. The lowest BCUT2D eigenvalue weighted by Gasteiger charge is -2.37. The maximum Gasteiger partial charge on any atom is 0.277 e. The molecule has 0 bridgehead atoms. The number of carbonyl (C=O) groups is 1. The Morgan fingerprint density at radius 1 is 1.21 bits per heavy atom. The van der Waals surface area contributed by atoms with E-state index in [4.69, 9.17) is 11.6 Å². The van der Waals surface area contributed by atoms with Crippen LogP contribution in [0.4, 0.5) is 5.69 Å². The van der Waals surface area contributed by atoms with E-state index in [0.29, 0.717) is 41.6 Å². The van der Waals surface area contributed by atoms with Gasteiger partial charge in [0.2, 0.25) is 5.91 Å². The first-order valence-electron chi connectivity index (χ1n) is 9.64. The average molecular weight is 415 g/mol. The predicted octanol–water partition coefficient (Wildman–Crippen LogP) is 1.97. The van der Waals surface area contributed by atoms with Gasteiger partial charge in [-0.2, -0.15) is 4.52 Å². The van der Waals surface area contributed by atoms with Gasteiger partial charge >= 0.3 is 0 Å². The molecule has 3 aromatic rings. The Hall–Kier alpha value is -2.87. The molecule has 8 nitrogen and oxygen atoms in total. The smallest absolute Gasteiger partial charge is 0.277 e. The zero-order valence-corrected chi connectivity index (χ0v) is 17.2. The summed E-state index contributed by atoms with van der Waals surface area (Å²) in [4.78, 5) is 37.7. The van der Waals surface area contributed by atoms with Crippen molar-refractivity contribution >= 4 is 29.0 Å². The van der Waals surface area contributed by atoms with Crippen LogP contribution in [0.3, 0.4) is 0 Å². The van der Waals surface area contributed by atoms with Crippen molar-refractivity contribution in [3.05, 3.63) is 56.7 Å². The van der Waals surface area contributed by atoms with Crippen molar-refractivity contribution in [1.29, 1.82) is 0 Å². The van der Waals surface area contributed by atoms with Crippen molar-refractivity contribution in [2.75, 3.05) is 31.1 Å². The number of rotatable bonds is 4. The summed E-state index contributed by atoms with van der Waals surface area (Å²) in [5, 5.41) is 3.47. The first-order valence-corrected chi connectivity index (χ1v) is 10.0. The van der Waals surface area contributed by atoms with Crippen LogP contribution in [-0.2, 0) is 11.2 Å². The minimum absolute atomic E-state index is 0.0565. The number of H-pyrrole nitrogens is 1. The van der Waals surface area contributed by atoms with E-state index < -0.39 is 0 Å². The molecule has 0 radical (unpaired) electrons. The second kappa shape index (κ2) is 7.87. The molecule has 0 atom stereocenters. The number of benzene rings is 1. The molecule has 1 fully saturated rings. The van der Waals surface area contributed by atoms with Crippen molar-refractivity contribution in [1.82, 2.24) is 24.5 Å². The third-order valence-corrected chi connectivity index (χ3v) is 5.70. The molecule has 0 unspecified atom stereocenters. The predicted molar refractivity (Wildman–Crippen MR) is 112 cm³/mol. The monoisotopic (exact) mass is 414 g/mol. The van der Waals surface area contributed by atoms with E-state index in [2.05, 4.69) is 26.9 Å². The van der Waals surface area contributed by atoms with E-state index >= 15 is 0 Å².